The maximum atomic E-state index is 12.3. The number of nitrogens with two attached hydrogens (primary N) is 1. The molecule has 2 rings (SSSR count). The standard InChI is InChI=1S/C16H28N4O2/c1-14-10-18-20(11-14)13-15-12-19(8-9-22-15)16(21)6-4-2-3-5-7-17/h10-11,15H,2-9,12-13,17H2,1H3. The molecule has 6 heteroatoms. The molecule has 1 aliphatic heterocycles. The molecule has 1 saturated heterocycles. The molecule has 1 unspecified atom stereocenters. The number of morpholine rings is 1. The van der Waals surface area contributed by atoms with Crippen molar-refractivity contribution in [2.45, 2.75) is 51.7 Å². The third kappa shape index (κ3) is 5.42. The highest BCUT2D eigenvalue weighted by Gasteiger charge is 2.24. The highest BCUT2D eigenvalue weighted by molar-refractivity contribution is 5.76. The molecule has 0 aliphatic carbocycles. The fourth-order valence-corrected chi connectivity index (χ4v) is 2.76. The number of carbonyl (C=O) groups excluding carboxylic acids is 1. The van der Waals surface area contributed by atoms with Gasteiger partial charge in [0.2, 0.25) is 5.91 Å². The van der Waals surface area contributed by atoms with Crippen LogP contribution in [0.4, 0.5) is 0 Å². The minimum atomic E-state index is 0.0363. The van der Waals surface area contributed by atoms with E-state index in [9.17, 15) is 4.79 Å². The minimum Gasteiger partial charge on any atom is -0.373 e. The van der Waals surface area contributed by atoms with Crippen molar-refractivity contribution in [3.63, 3.8) is 0 Å². The summed E-state index contributed by atoms with van der Waals surface area (Å²) in [6.45, 7) is 5.45. The van der Waals surface area contributed by atoms with Crippen LogP contribution in [0.5, 0.6) is 0 Å². The Labute approximate surface area is 132 Å². The SMILES string of the molecule is Cc1cnn(CC2CN(C(=O)CCCCCCN)CCO2)c1. The smallest absolute Gasteiger partial charge is 0.222 e. The number of unbranched alkanes of at least 4 members (excludes halogenated alkanes) is 3. The van der Waals surface area contributed by atoms with Gasteiger partial charge in [0.05, 0.1) is 25.5 Å². The summed E-state index contributed by atoms with van der Waals surface area (Å²) in [5, 5.41) is 4.28. The van der Waals surface area contributed by atoms with Gasteiger partial charge in [0, 0.05) is 25.7 Å². The molecule has 0 bridgehead atoms. The van der Waals surface area contributed by atoms with Gasteiger partial charge in [-0.1, -0.05) is 12.8 Å². The van der Waals surface area contributed by atoms with E-state index in [1.54, 1.807) is 0 Å². The largest absolute Gasteiger partial charge is 0.373 e. The van der Waals surface area contributed by atoms with Crippen molar-refractivity contribution in [2.75, 3.05) is 26.2 Å². The van der Waals surface area contributed by atoms with Crippen LogP contribution in [0.2, 0.25) is 0 Å². The molecule has 124 valence electrons. The summed E-state index contributed by atoms with van der Waals surface area (Å²) in [5.74, 6) is 0.248. The lowest BCUT2D eigenvalue weighted by Gasteiger charge is -2.33. The van der Waals surface area contributed by atoms with E-state index in [1.165, 1.54) is 0 Å². The molecule has 1 fully saturated rings. The second-order valence-corrected chi connectivity index (χ2v) is 6.03. The third-order valence-corrected chi connectivity index (χ3v) is 3.99. The van der Waals surface area contributed by atoms with Gasteiger partial charge in [0.15, 0.2) is 0 Å². The third-order valence-electron chi connectivity index (χ3n) is 3.99. The molecule has 1 aliphatic rings. The quantitative estimate of drug-likeness (QED) is 0.735. The summed E-state index contributed by atoms with van der Waals surface area (Å²) < 4.78 is 7.65. The van der Waals surface area contributed by atoms with Crippen LogP contribution in [0.3, 0.4) is 0 Å². The molecule has 2 heterocycles. The Hall–Kier alpha value is -1.40. The number of nitrogens with zero attached hydrogens (tertiary/aromatic N) is 3. The Morgan fingerprint density at radius 1 is 1.41 bits per heavy atom. The molecular formula is C16H28N4O2. The van der Waals surface area contributed by atoms with Crippen molar-refractivity contribution in [1.29, 1.82) is 0 Å². The average molecular weight is 308 g/mol. The Balaban J connectivity index is 1.71. The second-order valence-electron chi connectivity index (χ2n) is 6.03. The van der Waals surface area contributed by atoms with Crippen LogP contribution < -0.4 is 5.73 Å². The van der Waals surface area contributed by atoms with Crippen LogP contribution in [0.1, 0.15) is 37.7 Å². The molecule has 1 amide bonds. The van der Waals surface area contributed by atoms with E-state index < -0.39 is 0 Å². The van der Waals surface area contributed by atoms with Crippen molar-refractivity contribution in [3.05, 3.63) is 18.0 Å². The number of hydrogen-bond acceptors (Lipinski definition) is 4. The summed E-state index contributed by atoms with van der Waals surface area (Å²) in [4.78, 5) is 14.2. The number of hydrogen-bond donors (Lipinski definition) is 1. The molecule has 1 aromatic rings. The number of ether oxygens (including phenoxy) is 1. The normalized spacial score (nSPS) is 18.6. The van der Waals surface area contributed by atoms with E-state index in [0.29, 0.717) is 32.7 Å². The molecule has 0 aromatic carbocycles. The highest BCUT2D eigenvalue weighted by Crippen LogP contribution is 2.11. The lowest BCUT2D eigenvalue weighted by molar-refractivity contribution is -0.139. The Bertz CT molecular complexity index is 461. The molecule has 0 spiro atoms. The van der Waals surface area contributed by atoms with Crippen molar-refractivity contribution < 1.29 is 9.53 Å². The topological polar surface area (TPSA) is 73.4 Å². The van der Waals surface area contributed by atoms with Gasteiger partial charge in [-0.25, -0.2) is 0 Å². The van der Waals surface area contributed by atoms with Crippen molar-refractivity contribution in [1.82, 2.24) is 14.7 Å². The number of carbonyl (C=O) groups is 1. The van der Waals surface area contributed by atoms with Gasteiger partial charge in [-0.15, -0.1) is 0 Å². The van der Waals surface area contributed by atoms with E-state index in [2.05, 4.69) is 5.10 Å². The van der Waals surface area contributed by atoms with Gasteiger partial charge in [-0.3, -0.25) is 9.48 Å². The first-order chi connectivity index (χ1) is 10.7. The van der Waals surface area contributed by atoms with E-state index in [0.717, 1.165) is 37.8 Å². The van der Waals surface area contributed by atoms with Crippen LogP contribution in [0, 0.1) is 6.92 Å². The molecular weight excluding hydrogens is 280 g/mol. The molecule has 6 nitrogen and oxygen atoms in total. The Kier molecular flexibility index (Phi) is 6.86. The number of aromatic nitrogens is 2. The van der Waals surface area contributed by atoms with E-state index in [4.69, 9.17) is 10.5 Å². The predicted octanol–water partition coefficient (Wildman–Crippen LogP) is 1.33. The van der Waals surface area contributed by atoms with Gasteiger partial charge >= 0.3 is 0 Å². The van der Waals surface area contributed by atoms with Crippen molar-refractivity contribution >= 4 is 5.91 Å². The summed E-state index contributed by atoms with van der Waals surface area (Å²) >= 11 is 0. The summed E-state index contributed by atoms with van der Waals surface area (Å²) in [6, 6.07) is 0. The second kappa shape index (κ2) is 8.90. The summed E-state index contributed by atoms with van der Waals surface area (Å²) in [5.41, 5.74) is 6.61. The van der Waals surface area contributed by atoms with Crippen LogP contribution in [-0.4, -0.2) is 52.9 Å². The van der Waals surface area contributed by atoms with Crippen LogP contribution in [0.25, 0.3) is 0 Å². The number of rotatable bonds is 8. The van der Waals surface area contributed by atoms with Crippen LogP contribution in [0.15, 0.2) is 12.4 Å². The van der Waals surface area contributed by atoms with Gasteiger partial charge in [0.1, 0.15) is 0 Å². The molecule has 1 aromatic heterocycles. The zero-order valence-corrected chi connectivity index (χ0v) is 13.5. The van der Waals surface area contributed by atoms with E-state index >= 15 is 0 Å². The van der Waals surface area contributed by atoms with Crippen LogP contribution in [-0.2, 0) is 16.1 Å². The van der Waals surface area contributed by atoms with Gasteiger partial charge in [0.25, 0.3) is 0 Å². The number of amides is 1. The lowest BCUT2D eigenvalue weighted by Crippen LogP contribution is -2.47. The molecule has 2 N–H and O–H groups in total. The van der Waals surface area contributed by atoms with Crippen molar-refractivity contribution in [2.24, 2.45) is 5.73 Å². The van der Waals surface area contributed by atoms with Gasteiger partial charge in [-0.2, -0.15) is 5.10 Å². The molecule has 22 heavy (non-hydrogen) atoms. The molecule has 0 radical (unpaired) electrons. The zero-order chi connectivity index (χ0) is 15.8. The highest BCUT2D eigenvalue weighted by atomic mass is 16.5. The fraction of sp³-hybridized carbons (Fsp3) is 0.750. The van der Waals surface area contributed by atoms with E-state index in [-0.39, 0.29) is 12.0 Å². The summed E-state index contributed by atoms with van der Waals surface area (Å²) in [6.07, 6.45) is 8.73. The van der Waals surface area contributed by atoms with Gasteiger partial charge < -0.3 is 15.4 Å². The Morgan fingerprint density at radius 3 is 2.95 bits per heavy atom. The van der Waals surface area contributed by atoms with Gasteiger partial charge in [-0.05, 0) is 31.9 Å². The van der Waals surface area contributed by atoms with Crippen molar-refractivity contribution in [3.8, 4) is 0 Å². The summed E-state index contributed by atoms with van der Waals surface area (Å²) in [7, 11) is 0. The fourth-order valence-electron chi connectivity index (χ4n) is 2.76. The van der Waals surface area contributed by atoms with Crippen LogP contribution >= 0.6 is 0 Å². The minimum absolute atomic E-state index is 0.0363. The lowest BCUT2D eigenvalue weighted by atomic mass is 10.1. The zero-order valence-electron chi connectivity index (χ0n) is 13.5. The maximum Gasteiger partial charge on any atom is 0.222 e. The van der Waals surface area contributed by atoms with E-state index in [1.807, 2.05) is 28.9 Å². The first-order valence-electron chi connectivity index (χ1n) is 8.27. The number of aryl methyl sites for hydroxylation is 1. The monoisotopic (exact) mass is 308 g/mol. The first-order valence-corrected chi connectivity index (χ1v) is 8.27. The molecule has 1 atom stereocenters. The first kappa shape index (κ1) is 17.0. The maximum absolute atomic E-state index is 12.3. The average Bonchev–Trinajstić information content (AvgIpc) is 2.92. The molecule has 0 saturated carbocycles. The Morgan fingerprint density at radius 2 is 2.23 bits per heavy atom. The predicted molar refractivity (Wildman–Crippen MR) is 85.4 cm³/mol.